The molecule has 3 nitrogen and oxygen atoms in total. The monoisotopic (exact) mass is 294 g/mol. The summed E-state index contributed by atoms with van der Waals surface area (Å²) < 4.78 is 0. The lowest BCUT2D eigenvalue weighted by Crippen LogP contribution is -2.39. The van der Waals surface area contributed by atoms with Gasteiger partial charge in [-0.25, -0.2) is 0 Å². The van der Waals surface area contributed by atoms with Crippen molar-refractivity contribution in [2.45, 2.75) is 45.6 Å². The molecule has 0 saturated carbocycles. The normalized spacial score (nSPS) is 19.9. The Morgan fingerprint density at radius 1 is 1.45 bits per heavy atom. The number of nitrogens with one attached hydrogen (secondary N) is 1. The number of aryl methyl sites for hydroxylation is 1. The lowest BCUT2D eigenvalue weighted by atomic mass is 10.0. The van der Waals surface area contributed by atoms with Crippen LogP contribution < -0.4 is 5.32 Å². The second-order valence-electron chi connectivity index (χ2n) is 5.61. The second-order valence-corrected chi connectivity index (χ2v) is 6.02. The molecule has 1 atom stereocenters. The Hall–Kier alpha value is -1.06. The van der Waals surface area contributed by atoms with Crippen LogP contribution in [-0.4, -0.2) is 29.9 Å². The van der Waals surface area contributed by atoms with Crippen LogP contribution in [0.4, 0.5) is 5.69 Å². The lowest BCUT2D eigenvalue weighted by molar-refractivity contribution is -0.116. The molecule has 0 spiro atoms. The first-order chi connectivity index (χ1) is 9.58. The number of rotatable bonds is 4. The SMILES string of the molecule is Cc1cccc(Cl)c1NC(=O)CCN1CCCCC1C. The molecule has 2 rings (SSSR count). The summed E-state index contributed by atoms with van der Waals surface area (Å²) in [7, 11) is 0. The number of carbonyl (C=O) groups excluding carboxylic acids is 1. The lowest BCUT2D eigenvalue weighted by Gasteiger charge is -2.33. The van der Waals surface area contributed by atoms with Gasteiger partial charge in [0.25, 0.3) is 0 Å². The zero-order valence-corrected chi connectivity index (χ0v) is 13.0. The van der Waals surface area contributed by atoms with Crippen LogP contribution in [0.25, 0.3) is 0 Å². The minimum absolute atomic E-state index is 0.0407. The summed E-state index contributed by atoms with van der Waals surface area (Å²) in [6.07, 6.45) is 4.32. The molecular formula is C16H23ClN2O. The van der Waals surface area contributed by atoms with Gasteiger partial charge in [-0.15, -0.1) is 0 Å². The fourth-order valence-corrected chi connectivity index (χ4v) is 3.00. The topological polar surface area (TPSA) is 32.3 Å². The number of para-hydroxylation sites is 1. The van der Waals surface area contributed by atoms with E-state index in [9.17, 15) is 4.79 Å². The van der Waals surface area contributed by atoms with Gasteiger partial charge < -0.3 is 10.2 Å². The number of halogens is 1. The van der Waals surface area contributed by atoms with Gasteiger partial charge >= 0.3 is 0 Å². The van der Waals surface area contributed by atoms with Crippen molar-refractivity contribution in [1.29, 1.82) is 0 Å². The van der Waals surface area contributed by atoms with E-state index in [1.807, 2.05) is 19.1 Å². The van der Waals surface area contributed by atoms with Gasteiger partial charge in [-0.05, 0) is 44.9 Å². The largest absolute Gasteiger partial charge is 0.325 e. The van der Waals surface area contributed by atoms with Crippen LogP contribution in [0.1, 0.15) is 38.2 Å². The molecular weight excluding hydrogens is 272 g/mol. The Kier molecular flexibility index (Phi) is 5.44. The van der Waals surface area contributed by atoms with Crippen LogP contribution in [0.15, 0.2) is 18.2 Å². The number of likely N-dealkylation sites (tertiary alicyclic amines) is 1. The van der Waals surface area contributed by atoms with E-state index >= 15 is 0 Å². The molecule has 0 bridgehead atoms. The molecule has 0 radical (unpaired) electrons. The van der Waals surface area contributed by atoms with Crippen molar-refractivity contribution in [3.05, 3.63) is 28.8 Å². The fourth-order valence-electron chi connectivity index (χ4n) is 2.73. The van der Waals surface area contributed by atoms with Crippen molar-refractivity contribution in [2.24, 2.45) is 0 Å². The third kappa shape index (κ3) is 3.97. The number of hydrogen-bond donors (Lipinski definition) is 1. The third-order valence-corrected chi connectivity index (χ3v) is 4.37. The van der Waals surface area contributed by atoms with E-state index in [1.54, 1.807) is 6.07 Å². The van der Waals surface area contributed by atoms with Crippen LogP contribution in [-0.2, 0) is 4.79 Å². The van der Waals surface area contributed by atoms with Gasteiger partial charge in [-0.1, -0.05) is 30.2 Å². The maximum atomic E-state index is 12.1. The minimum atomic E-state index is 0.0407. The Morgan fingerprint density at radius 2 is 2.25 bits per heavy atom. The van der Waals surface area contributed by atoms with E-state index in [0.717, 1.165) is 24.3 Å². The highest BCUT2D eigenvalue weighted by Crippen LogP contribution is 2.25. The first-order valence-corrected chi connectivity index (χ1v) is 7.74. The number of piperidine rings is 1. The summed E-state index contributed by atoms with van der Waals surface area (Å²) in [5, 5.41) is 3.54. The smallest absolute Gasteiger partial charge is 0.225 e. The summed E-state index contributed by atoms with van der Waals surface area (Å²) in [4.78, 5) is 14.5. The van der Waals surface area contributed by atoms with Gasteiger partial charge in [-0.2, -0.15) is 0 Å². The molecule has 1 heterocycles. The summed E-state index contributed by atoms with van der Waals surface area (Å²) in [5.74, 6) is 0.0407. The van der Waals surface area contributed by atoms with Crippen molar-refractivity contribution >= 4 is 23.2 Å². The maximum absolute atomic E-state index is 12.1. The van der Waals surface area contributed by atoms with E-state index < -0.39 is 0 Å². The molecule has 1 fully saturated rings. The third-order valence-electron chi connectivity index (χ3n) is 4.05. The summed E-state index contributed by atoms with van der Waals surface area (Å²) in [6.45, 7) is 6.14. The number of nitrogens with zero attached hydrogens (tertiary/aromatic N) is 1. The number of benzene rings is 1. The summed E-state index contributed by atoms with van der Waals surface area (Å²) in [6, 6.07) is 6.24. The number of carbonyl (C=O) groups is 1. The molecule has 110 valence electrons. The van der Waals surface area contributed by atoms with E-state index in [2.05, 4.69) is 17.1 Å². The maximum Gasteiger partial charge on any atom is 0.225 e. The fraction of sp³-hybridized carbons (Fsp3) is 0.562. The second kappa shape index (κ2) is 7.09. The van der Waals surface area contributed by atoms with E-state index in [1.165, 1.54) is 19.3 Å². The van der Waals surface area contributed by atoms with Crippen molar-refractivity contribution < 1.29 is 4.79 Å². The number of anilines is 1. The van der Waals surface area contributed by atoms with E-state index in [0.29, 0.717) is 17.5 Å². The molecule has 20 heavy (non-hydrogen) atoms. The predicted molar refractivity (Wildman–Crippen MR) is 84.3 cm³/mol. The van der Waals surface area contributed by atoms with Crippen molar-refractivity contribution in [1.82, 2.24) is 4.90 Å². The molecule has 1 unspecified atom stereocenters. The Bertz CT molecular complexity index is 455. The highest BCUT2D eigenvalue weighted by Gasteiger charge is 2.18. The van der Waals surface area contributed by atoms with Gasteiger partial charge in [0.15, 0.2) is 0 Å². The molecule has 0 aliphatic carbocycles. The number of hydrogen-bond acceptors (Lipinski definition) is 2. The molecule has 0 aromatic heterocycles. The van der Waals surface area contributed by atoms with Crippen molar-refractivity contribution in [2.75, 3.05) is 18.4 Å². The van der Waals surface area contributed by atoms with Gasteiger partial charge in [-0.3, -0.25) is 4.79 Å². The highest BCUT2D eigenvalue weighted by molar-refractivity contribution is 6.33. The van der Waals surface area contributed by atoms with E-state index in [4.69, 9.17) is 11.6 Å². The van der Waals surface area contributed by atoms with E-state index in [-0.39, 0.29) is 5.91 Å². The molecule has 4 heteroatoms. The molecule has 1 saturated heterocycles. The number of amides is 1. The quantitative estimate of drug-likeness (QED) is 0.915. The molecule has 1 aromatic carbocycles. The Labute approximate surface area is 126 Å². The first-order valence-electron chi connectivity index (χ1n) is 7.37. The zero-order chi connectivity index (χ0) is 14.5. The molecule has 1 amide bonds. The van der Waals surface area contributed by atoms with Crippen LogP contribution in [0.2, 0.25) is 5.02 Å². The molecule has 1 aromatic rings. The Morgan fingerprint density at radius 3 is 2.95 bits per heavy atom. The molecule has 1 aliphatic rings. The van der Waals surface area contributed by atoms with Gasteiger partial charge in [0.1, 0.15) is 0 Å². The average Bonchev–Trinajstić information content (AvgIpc) is 2.42. The van der Waals surface area contributed by atoms with Crippen molar-refractivity contribution in [3.8, 4) is 0 Å². The average molecular weight is 295 g/mol. The standard InChI is InChI=1S/C16H23ClN2O/c1-12-6-5-8-14(17)16(12)18-15(20)9-11-19-10-4-3-7-13(19)2/h5-6,8,13H,3-4,7,9-11H2,1-2H3,(H,18,20). The molecule has 1 aliphatic heterocycles. The van der Waals surface area contributed by atoms with Crippen LogP contribution in [0.5, 0.6) is 0 Å². The van der Waals surface area contributed by atoms with Gasteiger partial charge in [0, 0.05) is 19.0 Å². The summed E-state index contributed by atoms with van der Waals surface area (Å²) in [5.41, 5.74) is 1.74. The highest BCUT2D eigenvalue weighted by atomic mass is 35.5. The molecule has 1 N–H and O–H groups in total. The van der Waals surface area contributed by atoms with Crippen LogP contribution >= 0.6 is 11.6 Å². The first kappa shape index (κ1) is 15.3. The van der Waals surface area contributed by atoms with Gasteiger partial charge in [0.2, 0.25) is 5.91 Å². The van der Waals surface area contributed by atoms with Crippen LogP contribution in [0.3, 0.4) is 0 Å². The van der Waals surface area contributed by atoms with Gasteiger partial charge in [0.05, 0.1) is 10.7 Å². The summed E-state index contributed by atoms with van der Waals surface area (Å²) >= 11 is 6.12. The van der Waals surface area contributed by atoms with Crippen molar-refractivity contribution in [3.63, 3.8) is 0 Å². The minimum Gasteiger partial charge on any atom is -0.325 e. The predicted octanol–water partition coefficient (Wildman–Crippen LogP) is 3.85. The van der Waals surface area contributed by atoms with Crippen LogP contribution in [0, 0.1) is 6.92 Å². The zero-order valence-electron chi connectivity index (χ0n) is 12.3. The Balaban J connectivity index is 1.86.